The minimum atomic E-state index is 0.295. The molecule has 164 valence electrons. The zero-order valence-corrected chi connectivity index (χ0v) is 19.5. The van der Waals surface area contributed by atoms with Gasteiger partial charge in [-0.05, 0) is 70.4 Å². The zero-order chi connectivity index (χ0) is 21.2. The fourth-order valence-corrected chi connectivity index (χ4v) is 6.30. The van der Waals surface area contributed by atoms with Gasteiger partial charge in [-0.25, -0.2) is 9.97 Å². The molecule has 1 aromatic carbocycles. The van der Waals surface area contributed by atoms with Gasteiger partial charge in [0.25, 0.3) is 0 Å². The van der Waals surface area contributed by atoms with Crippen molar-refractivity contribution in [2.45, 2.75) is 51.1 Å². The van der Waals surface area contributed by atoms with Crippen LogP contribution in [0.3, 0.4) is 0 Å². The van der Waals surface area contributed by atoms with Gasteiger partial charge in [0, 0.05) is 11.4 Å². The van der Waals surface area contributed by atoms with Gasteiger partial charge in [0.15, 0.2) is 0 Å². The van der Waals surface area contributed by atoms with Crippen molar-refractivity contribution in [2.75, 3.05) is 39.0 Å². The molecule has 3 heterocycles. The first-order chi connectivity index (χ1) is 15.2. The number of fused-ring (bicyclic) bond motifs is 3. The highest BCUT2D eigenvalue weighted by Crippen LogP contribution is 2.39. The van der Waals surface area contributed by atoms with Crippen molar-refractivity contribution in [3.63, 3.8) is 0 Å². The average molecular weight is 436 g/mol. The molecule has 1 N–H and O–H groups in total. The van der Waals surface area contributed by atoms with Crippen LogP contribution in [0.25, 0.3) is 10.2 Å². The van der Waals surface area contributed by atoms with Crippen LogP contribution in [0, 0.1) is 0 Å². The molecule has 0 saturated carbocycles. The van der Waals surface area contributed by atoms with Crippen molar-refractivity contribution >= 4 is 27.4 Å². The lowest BCUT2D eigenvalue weighted by Gasteiger charge is -2.27. The number of nitrogens with zero attached hydrogens (tertiary/aromatic N) is 4. The van der Waals surface area contributed by atoms with Crippen LogP contribution < -0.4 is 5.32 Å². The number of likely N-dealkylation sites (N-methyl/N-ethyl adjacent to an activating group) is 1. The molecule has 31 heavy (non-hydrogen) atoms. The minimum Gasteiger partial charge on any atom is -0.367 e. The fourth-order valence-electron chi connectivity index (χ4n) is 5.02. The van der Waals surface area contributed by atoms with Crippen LogP contribution in [-0.4, -0.2) is 53.5 Å². The molecule has 2 aliphatic rings. The number of anilines is 1. The third-order valence-corrected chi connectivity index (χ3v) is 7.88. The molecule has 0 amide bonds. The van der Waals surface area contributed by atoms with E-state index in [1.54, 1.807) is 0 Å². The van der Waals surface area contributed by atoms with Gasteiger partial charge >= 0.3 is 0 Å². The molecule has 0 radical (unpaired) electrons. The van der Waals surface area contributed by atoms with Crippen LogP contribution in [0.15, 0.2) is 30.3 Å². The molecule has 3 aromatic rings. The van der Waals surface area contributed by atoms with Crippen molar-refractivity contribution in [3.05, 3.63) is 52.2 Å². The monoisotopic (exact) mass is 435 g/mol. The Balaban J connectivity index is 1.45. The van der Waals surface area contributed by atoms with Crippen LogP contribution >= 0.6 is 11.3 Å². The van der Waals surface area contributed by atoms with Gasteiger partial charge in [0.1, 0.15) is 16.5 Å². The first-order valence-electron chi connectivity index (χ1n) is 11.7. The van der Waals surface area contributed by atoms with Crippen LogP contribution in [0.2, 0.25) is 0 Å². The lowest BCUT2D eigenvalue weighted by Crippen LogP contribution is -2.30. The molecule has 1 saturated heterocycles. The van der Waals surface area contributed by atoms with Crippen molar-refractivity contribution in [1.29, 1.82) is 0 Å². The molecule has 1 atom stereocenters. The first kappa shape index (κ1) is 20.9. The van der Waals surface area contributed by atoms with Gasteiger partial charge in [0.2, 0.25) is 0 Å². The predicted molar refractivity (Wildman–Crippen MR) is 130 cm³/mol. The third-order valence-electron chi connectivity index (χ3n) is 6.70. The number of rotatable bonds is 7. The molecule has 5 rings (SSSR count). The number of benzene rings is 1. The van der Waals surface area contributed by atoms with Crippen molar-refractivity contribution in [3.8, 4) is 0 Å². The van der Waals surface area contributed by atoms with Crippen LogP contribution in [0.4, 0.5) is 5.82 Å². The summed E-state index contributed by atoms with van der Waals surface area (Å²) in [6.45, 7) is 4.03. The second-order valence-electron chi connectivity index (χ2n) is 9.13. The van der Waals surface area contributed by atoms with Gasteiger partial charge < -0.3 is 10.2 Å². The second kappa shape index (κ2) is 9.23. The molecule has 5 nitrogen and oxygen atoms in total. The fraction of sp³-hybridized carbons (Fsp3) is 0.520. The molecule has 0 spiro atoms. The summed E-state index contributed by atoms with van der Waals surface area (Å²) in [5.41, 5.74) is 2.82. The van der Waals surface area contributed by atoms with E-state index in [9.17, 15) is 0 Å². The number of thiophene rings is 1. The summed E-state index contributed by atoms with van der Waals surface area (Å²) in [6, 6.07) is 11.1. The number of piperidine rings is 1. The molecule has 1 aliphatic carbocycles. The maximum Gasteiger partial charge on any atom is 0.146 e. The van der Waals surface area contributed by atoms with E-state index in [1.165, 1.54) is 71.4 Å². The maximum absolute atomic E-state index is 5.09. The van der Waals surface area contributed by atoms with Gasteiger partial charge in [-0.3, -0.25) is 4.90 Å². The summed E-state index contributed by atoms with van der Waals surface area (Å²) < 4.78 is 0. The molecule has 6 heteroatoms. The van der Waals surface area contributed by atoms with Crippen LogP contribution in [0.1, 0.15) is 53.6 Å². The number of nitrogens with one attached hydrogen (secondary N) is 1. The maximum atomic E-state index is 5.09. The Morgan fingerprint density at radius 2 is 1.84 bits per heavy atom. The molecule has 2 aromatic heterocycles. The molecule has 1 fully saturated rings. The average Bonchev–Trinajstić information content (AvgIpc) is 3.36. The van der Waals surface area contributed by atoms with Crippen LogP contribution in [0.5, 0.6) is 0 Å². The van der Waals surface area contributed by atoms with E-state index in [0.717, 1.165) is 31.2 Å². The first-order valence-corrected chi connectivity index (χ1v) is 12.5. The number of hydrogen-bond acceptors (Lipinski definition) is 6. The van der Waals surface area contributed by atoms with Gasteiger partial charge in [-0.15, -0.1) is 11.3 Å². The van der Waals surface area contributed by atoms with E-state index in [4.69, 9.17) is 9.97 Å². The topological polar surface area (TPSA) is 44.3 Å². The van der Waals surface area contributed by atoms with Gasteiger partial charge in [0.05, 0.1) is 18.0 Å². The predicted octanol–water partition coefficient (Wildman–Crippen LogP) is 4.88. The molecular weight excluding hydrogens is 402 g/mol. The minimum absolute atomic E-state index is 0.295. The summed E-state index contributed by atoms with van der Waals surface area (Å²) in [4.78, 5) is 17.6. The molecule has 0 bridgehead atoms. The summed E-state index contributed by atoms with van der Waals surface area (Å²) in [7, 11) is 4.30. The Hall–Kier alpha value is -2.02. The smallest absolute Gasteiger partial charge is 0.146 e. The highest BCUT2D eigenvalue weighted by molar-refractivity contribution is 7.19. The second-order valence-corrected chi connectivity index (χ2v) is 10.2. The molecule has 0 unspecified atom stereocenters. The van der Waals surface area contributed by atoms with Crippen molar-refractivity contribution < 1.29 is 0 Å². The highest BCUT2D eigenvalue weighted by atomic mass is 32.1. The lowest BCUT2D eigenvalue weighted by atomic mass is 10.1. The van der Waals surface area contributed by atoms with Crippen molar-refractivity contribution in [2.24, 2.45) is 0 Å². The molecular formula is C25H33N5S. The van der Waals surface area contributed by atoms with Gasteiger partial charge in [-0.2, -0.15) is 0 Å². The SMILES string of the molecule is CN(C)[C@H](CNc1nc(CN2CCCCC2)nc2sc3c(c12)CCC3)c1ccccc1. The van der Waals surface area contributed by atoms with Gasteiger partial charge in [-0.1, -0.05) is 36.8 Å². The molecule has 1 aliphatic heterocycles. The standard InChI is InChI=1S/C25H33N5S/c1-29(2)20(18-10-5-3-6-11-18)16-26-24-23-19-12-9-13-21(19)31-25(23)28-22(27-24)17-30-14-7-4-8-15-30/h3,5-6,10-11,20H,4,7-9,12-17H2,1-2H3,(H,26,27,28)/t20-/m1/s1. The van der Waals surface area contributed by atoms with E-state index in [1.807, 2.05) is 11.3 Å². The summed E-state index contributed by atoms with van der Waals surface area (Å²) >= 11 is 1.89. The van der Waals surface area contributed by atoms with E-state index in [-0.39, 0.29) is 0 Å². The largest absolute Gasteiger partial charge is 0.367 e. The number of aromatic nitrogens is 2. The number of hydrogen-bond donors (Lipinski definition) is 1. The van der Waals surface area contributed by atoms with E-state index in [0.29, 0.717) is 6.04 Å². The van der Waals surface area contributed by atoms with E-state index in [2.05, 4.69) is 59.5 Å². The third kappa shape index (κ3) is 4.47. The number of aryl methyl sites for hydroxylation is 2. The Bertz CT molecular complexity index is 1020. The van der Waals surface area contributed by atoms with Crippen LogP contribution in [-0.2, 0) is 19.4 Å². The quantitative estimate of drug-likeness (QED) is 0.573. The Morgan fingerprint density at radius 1 is 1.03 bits per heavy atom. The van der Waals surface area contributed by atoms with E-state index >= 15 is 0 Å². The Morgan fingerprint density at radius 3 is 2.61 bits per heavy atom. The summed E-state index contributed by atoms with van der Waals surface area (Å²) in [5, 5.41) is 5.04. The Kier molecular flexibility index (Phi) is 6.21. The normalized spacial score (nSPS) is 17.9. The summed E-state index contributed by atoms with van der Waals surface area (Å²) in [6.07, 6.45) is 7.56. The number of likely N-dealkylation sites (tertiary alicyclic amines) is 1. The Labute approximate surface area is 189 Å². The summed E-state index contributed by atoms with van der Waals surface area (Å²) in [5.74, 6) is 2.01. The lowest BCUT2D eigenvalue weighted by molar-refractivity contribution is 0.216. The highest BCUT2D eigenvalue weighted by Gasteiger charge is 2.24. The van der Waals surface area contributed by atoms with E-state index < -0.39 is 0 Å². The zero-order valence-electron chi connectivity index (χ0n) is 18.7. The van der Waals surface area contributed by atoms with Crippen molar-refractivity contribution in [1.82, 2.24) is 19.8 Å².